The summed E-state index contributed by atoms with van der Waals surface area (Å²) < 4.78 is 25.8. The summed E-state index contributed by atoms with van der Waals surface area (Å²) in [5.74, 6) is -3.59. The number of rotatable bonds is 4. The zero-order chi connectivity index (χ0) is 12.4. The van der Waals surface area contributed by atoms with Gasteiger partial charge in [0.2, 0.25) is 5.78 Å². The van der Waals surface area contributed by atoms with Gasteiger partial charge in [-0.2, -0.15) is 0 Å². The van der Waals surface area contributed by atoms with Gasteiger partial charge in [-0.15, -0.1) is 0 Å². The fourth-order valence-corrected chi connectivity index (χ4v) is 1.71. The van der Waals surface area contributed by atoms with Crippen LogP contribution in [0.5, 0.6) is 0 Å². The van der Waals surface area contributed by atoms with Crippen molar-refractivity contribution < 1.29 is 28.5 Å². The number of carbonyl (C=O) groups is 1. The topological polar surface area (TPSA) is 63.2 Å². The third-order valence-corrected chi connectivity index (χ3v) is 2.47. The van der Waals surface area contributed by atoms with E-state index in [1.54, 1.807) is 6.92 Å². The lowest BCUT2D eigenvalue weighted by Crippen LogP contribution is -2.66. The van der Waals surface area contributed by atoms with E-state index in [2.05, 4.69) is 0 Å². The van der Waals surface area contributed by atoms with Crippen molar-refractivity contribution in [2.24, 2.45) is 0 Å². The van der Waals surface area contributed by atoms with Gasteiger partial charge in [0.05, 0.1) is 0 Å². The Morgan fingerprint density at radius 2 is 1.56 bits per heavy atom. The predicted octanol–water partition coefficient (Wildman–Crippen LogP) is 0.425. The second kappa shape index (κ2) is 4.50. The zero-order valence-electron chi connectivity index (χ0n) is 10.0. The van der Waals surface area contributed by atoms with Crippen molar-refractivity contribution in [1.82, 2.24) is 0 Å². The summed E-state index contributed by atoms with van der Waals surface area (Å²) in [6.45, 7) is 1.61. The molecular formula is C10H16O6. The van der Waals surface area contributed by atoms with E-state index >= 15 is 0 Å². The van der Waals surface area contributed by atoms with Crippen molar-refractivity contribution in [2.45, 2.75) is 18.7 Å². The average Bonchev–Trinajstić information content (AvgIpc) is 2.28. The molecule has 0 aromatic carbocycles. The van der Waals surface area contributed by atoms with Gasteiger partial charge < -0.3 is 23.7 Å². The zero-order valence-corrected chi connectivity index (χ0v) is 10.0. The Labute approximate surface area is 94.1 Å². The molecule has 0 N–H and O–H groups in total. The van der Waals surface area contributed by atoms with E-state index in [1.165, 1.54) is 34.5 Å². The van der Waals surface area contributed by atoms with E-state index in [0.29, 0.717) is 5.76 Å². The van der Waals surface area contributed by atoms with Gasteiger partial charge in [-0.05, 0) is 6.92 Å². The molecule has 1 heterocycles. The molecule has 6 heteroatoms. The molecule has 1 aliphatic heterocycles. The van der Waals surface area contributed by atoms with Crippen LogP contribution in [0.3, 0.4) is 0 Å². The van der Waals surface area contributed by atoms with E-state index < -0.39 is 17.5 Å². The summed E-state index contributed by atoms with van der Waals surface area (Å²) in [5.41, 5.74) is 0. The monoisotopic (exact) mass is 232 g/mol. The minimum Gasteiger partial charge on any atom is -0.439 e. The molecule has 0 amide bonds. The fourth-order valence-electron chi connectivity index (χ4n) is 1.71. The van der Waals surface area contributed by atoms with Gasteiger partial charge in [0, 0.05) is 34.5 Å². The first-order valence-corrected chi connectivity index (χ1v) is 4.64. The quantitative estimate of drug-likeness (QED) is 0.655. The van der Waals surface area contributed by atoms with Crippen LogP contribution in [0.25, 0.3) is 0 Å². The number of hydrogen-bond acceptors (Lipinski definition) is 6. The average molecular weight is 232 g/mol. The highest BCUT2D eigenvalue weighted by atomic mass is 16.9. The molecule has 6 nitrogen and oxygen atoms in total. The van der Waals surface area contributed by atoms with Gasteiger partial charge >= 0.3 is 11.8 Å². The standard InChI is InChI=1S/C10H16O6/c1-7-6-8(11)9(12-2,13-3)10(14-4,15-5)16-7/h6H,1-5H3. The molecule has 16 heavy (non-hydrogen) atoms. The van der Waals surface area contributed by atoms with Gasteiger partial charge in [-0.3, -0.25) is 4.79 Å². The fraction of sp³-hybridized carbons (Fsp3) is 0.700. The predicted molar refractivity (Wildman–Crippen MR) is 53.3 cm³/mol. The molecule has 1 rings (SSSR count). The SMILES string of the molecule is COC1(OC)OC(C)=CC(=O)C1(OC)OC. The number of methoxy groups -OCH3 is 4. The molecule has 0 unspecified atom stereocenters. The van der Waals surface area contributed by atoms with Crippen molar-refractivity contribution in [3.8, 4) is 0 Å². The Balaban J connectivity index is 3.32. The second-order valence-electron chi connectivity index (χ2n) is 3.21. The molecule has 1 aliphatic rings. The first kappa shape index (κ1) is 13.1. The number of carbonyl (C=O) groups excluding carboxylic acids is 1. The summed E-state index contributed by atoms with van der Waals surface area (Å²) in [5, 5.41) is 0. The van der Waals surface area contributed by atoms with E-state index in [4.69, 9.17) is 23.7 Å². The lowest BCUT2D eigenvalue weighted by molar-refractivity contribution is -0.457. The van der Waals surface area contributed by atoms with E-state index in [0.717, 1.165) is 0 Å². The van der Waals surface area contributed by atoms with Crippen LogP contribution >= 0.6 is 0 Å². The van der Waals surface area contributed by atoms with Crippen LogP contribution in [-0.2, 0) is 28.5 Å². The van der Waals surface area contributed by atoms with E-state index in [1.807, 2.05) is 0 Å². The first-order chi connectivity index (χ1) is 7.51. The molecule has 0 atom stereocenters. The van der Waals surface area contributed by atoms with Gasteiger partial charge in [0.1, 0.15) is 5.76 Å². The van der Waals surface area contributed by atoms with Crippen LogP contribution in [-0.4, -0.2) is 46.0 Å². The summed E-state index contributed by atoms with van der Waals surface area (Å²) in [7, 11) is 5.29. The van der Waals surface area contributed by atoms with Crippen LogP contribution in [0.15, 0.2) is 11.8 Å². The highest BCUT2D eigenvalue weighted by Crippen LogP contribution is 2.38. The molecule has 0 spiro atoms. The third-order valence-electron chi connectivity index (χ3n) is 2.47. The van der Waals surface area contributed by atoms with E-state index in [-0.39, 0.29) is 0 Å². The summed E-state index contributed by atoms with van der Waals surface area (Å²) in [4.78, 5) is 12.0. The maximum atomic E-state index is 12.0. The minimum atomic E-state index is -1.77. The molecule has 0 bridgehead atoms. The largest absolute Gasteiger partial charge is 0.439 e. The Bertz CT molecular complexity index is 300. The number of ether oxygens (including phenoxy) is 5. The van der Waals surface area contributed by atoms with Crippen molar-refractivity contribution in [2.75, 3.05) is 28.4 Å². The first-order valence-electron chi connectivity index (χ1n) is 4.64. The van der Waals surface area contributed by atoms with Crippen LogP contribution in [0.1, 0.15) is 6.92 Å². The lowest BCUT2D eigenvalue weighted by atomic mass is 10.1. The van der Waals surface area contributed by atoms with Crippen molar-refractivity contribution >= 4 is 5.78 Å². The van der Waals surface area contributed by atoms with Gasteiger partial charge in [0.15, 0.2) is 0 Å². The summed E-state index contributed by atoms with van der Waals surface area (Å²) in [6.07, 6.45) is 1.27. The smallest absolute Gasteiger partial charge is 0.392 e. The number of ketones is 1. The summed E-state index contributed by atoms with van der Waals surface area (Å²) in [6, 6.07) is 0. The summed E-state index contributed by atoms with van der Waals surface area (Å²) >= 11 is 0. The maximum absolute atomic E-state index is 12.0. The molecule has 0 saturated heterocycles. The Morgan fingerprint density at radius 3 is 1.94 bits per heavy atom. The Kier molecular flexibility index (Phi) is 3.69. The Hall–Kier alpha value is -0.950. The van der Waals surface area contributed by atoms with Crippen LogP contribution < -0.4 is 0 Å². The molecule has 0 aliphatic carbocycles. The van der Waals surface area contributed by atoms with E-state index in [9.17, 15) is 4.79 Å². The van der Waals surface area contributed by atoms with Gasteiger partial charge in [-0.1, -0.05) is 0 Å². The molecule has 0 fully saturated rings. The molecule has 0 radical (unpaired) electrons. The van der Waals surface area contributed by atoms with Gasteiger partial charge in [0.25, 0.3) is 0 Å². The third kappa shape index (κ3) is 1.54. The second-order valence-corrected chi connectivity index (χ2v) is 3.21. The lowest BCUT2D eigenvalue weighted by Gasteiger charge is -2.44. The molecule has 0 saturated carbocycles. The molecule has 0 aromatic heterocycles. The molecule has 92 valence electrons. The maximum Gasteiger partial charge on any atom is 0.392 e. The van der Waals surface area contributed by atoms with Crippen LogP contribution in [0, 0.1) is 0 Å². The highest BCUT2D eigenvalue weighted by Gasteiger charge is 2.65. The normalized spacial score (nSPS) is 22.6. The molecular weight excluding hydrogens is 216 g/mol. The minimum absolute atomic E-state index is 0.360. The van der Waals surface area contributed by atoms with Crippen molar-refractivity contribution in [1.29, 1.82) is 0 Å². The highest BCUT2D eigenvalue weighted by molar-refractivity contribution is 5.97. The van der Waals surface area contributed by atoms with Crippen LogP contribution in [0.2, 0.25) is 0 Å². The number of allylic oxidation sites excluding steroid dienone is 1. The van der Waals surface area contributed by atoms with Gasteiger partial charge in [-0.25, -0.2) is 0 Å². The van der Waals surface area contributed by atoms with Crippen LogP contribution in [0.4, 0.5) is 0 Å². The van der Waals surface area contributed by atoms with Crippen molar-refractivity contribution in [3.63, 3.8) is 0 Å². The van der Waals surface area contributed by atoms with Crippen molar-refractivity contribution in [3.05, 3.63) is 11.8 Å². The molecule has 0 aromatic rings. The Morgan fingerprint density at radius 1 is 1.06 bits per heavy atom. The number of hydrogen-bond donors (Lipinski definition) is 0.